The number of methoxy groups -OCH3 is 1. The van der Waals surface area contributed by atoms with Crippen LogP contribution in [0.1, 0.15) is 10.4 Å². The molecule has 0 aliphatic rings. The number of hydrogen-bond acceptors (Lipinski definition) is 5. The number of esters is 1. The molecule has 0 N–H and O–H groups in total. The van der Waals surface area contributed by atoms with Crippen LogP contribution in [0.3, 0.4) is 0 Å². The van der Waals surface area contributed by atoms with Gasteiger partial charge in [-0.2, -0.15) is 0 Å². The Balaban J connectivity index is 2.13. The monoisotopic (exact) mass is 280 g/mol. The molecule has 0 unspecified atom stereocenters. The SMILES string of the molecule is C=CCOCCOCCOc1ccc(C(=O)OC)cc1. The maximum Gasteiger partial charge on any atom is 0.337 e. The minimum absolute atomic E-state index is 0.362. The molecule has 0 radical (unpaired) electrons. The minimum Gasteiger partial charge on any atom is -0.491 e. The molecule has 0 saturated carbocycles. The second kappa shape index (κ2) is 10.00. The van der Waals surface area contributed by atoms with Gasteiger partial charge in [-0.05, 0) is 24.3 Å². The van der Waals surface area contributed by atoms with Crippen LogP contribution < -0.4 is 4.74 Å². The van der Waals surface area contributed by atoms with Gasteiger partial charge < -0.3 is 18.9 Å². The van der Waals surface area contributed by atoms with E-state index >= 15 is 0 Å². The van der Waals surface area contributed by atoms with Gasteiger partial charge in [0.1, 0.15) is 12.4 Å². The first-order valence-corrected chi connectivity index (χ1v) is 6.35. The molecular formula is C15H20O5. The number of carbonyl (C=O) groups excluding carboxylic acids is 1. The summed E-state index contributed by atoms with van der Waals surface area (Å²) < 4.78 is 20.6. The van der Waals surface area contributed by atoms with E-state index in [-0.39, 0.29) is 5.97 Å². The van der Waals surface area contributed by atoms with Gasteiger partial charge in [-0.15, -0.1) is 6.58 Å². The van der Waals surface area contributed by atoms with Crippen molar-refractivity contribution in [3.05, 3.63) is 42.5 Å². The van der Waals surface area contributed by atoms with E-state index in [1.165, 1.54) is 7.11 Å². The number of benzene rings is 1. The van der Waals surface area contributed by atoms with E-state index in [1.54, 1.807) is 30.3 Å². The Labute approximate surface area is 119 Å². The summed E-state index contributed by atoms with van der Waals surface area (Å²) in [7, 11) is 1.35. The predicted molar refractivity (Wildman–Crippen MR) is 75.1 cm³/mol. The molecule has 0 aliphatic heterocycles. The van der Waals surface area contributed by atoms with Gasteiger partial charge in [-0.1, -0.05) is 6.08 Å². The lowest BCUT2D eigenvalue weighted by Gasteiger charge is -2.07. The van der Waals surface area contributed by atoms with Crippen molar-refractivity contribution in [2.75, 3.05) is 40.1 Å². The molecule has 0 aromatic heterocycles. The third-order valence-electron chi connectivity index (χ3n) is 2.38. The van der Waals surface area contributed by atoms with Crippen LogP contribution in [0.25, 0.3) is 0 Å². The highest BCUT2D eigenvalue weighted by Gasteiger charge is 2.04. The molecule has 0 amide bonds. The average molecular weight is 280 g/mol. The van der Waals surface area contributed by atoms with Crippen molar-refractivity contribution in [1.82, 2.24) is 0 Å². The molecule has 1 aromatic rings. The zero-order valence-corrected chi connectivity index (χ0v) is 11.7. The minimum atomic E-state index is -0.362. The van der Waals surface area contributed by atoms with Gasteiger partial charge in [0.05, 0.1) is 39.1 Å². The van der Waals surface area contributed by atoms with Crippen molar-refractivity contribution in [2.24, 2.45) is 0 Å². The Morgan fingerprint density at radius 2 is 1.75 bits per heavy atom. The molecule has 0 fully saturated rings. The summed E-state index contributed by atoms with van der Waals surface area (Å²) in [4.78, 5) is 11.2. The van der Waals surface area contributed by atoms with Gasteiger partial charge >= 0.3 is 5.97 Å². The lowest BCUT2D eigenvalue weighted by atomic mass is 10.2. The van der Waals surface area contributed by atoms with Crippen molar-refractivity contribution >= 4 is 5.97 Å². The Kier molecular flexibility index (Phi) is 8.10. The zero-order chi connectivity index (χ0) is 14.6. The summed E-state index contributed by atoms with van der Waals surface area (Å²) in [6, 6.07) is 6.76. The average Bonchev–Trinajstić information content (AvgIpc) is 2.50. The maximum absolute atomic E-state index is 11.2. The van der Waals surface area contributed by atoms with Crippen molar-refractivity contribution in [3.63, 3.8) is 0 Å². The molecule has 5 nitrogen and oxygen atoms in total. The van der Waals surface area contributed by atoms with E-state index in [9.17, 15) is 4.79 Å². The van der Waals surface area contributed by atoms with E-state index in [4.69, 9.17) is 14.2 Å². The van der Waals surface area contributed by atoms with Crippen LogP contribution in [0.15, 0.2) is 36.9 Å². The van der Waals surface area contributed by atoms with Crippen LogP contribution in [0.5, 0.6) is 5.75 Å². The maximum atomic E-state index is 11.2. The Morgan fingerprint density at radius 1 is 1.10 bits per heavy atom. The first-order valence-electron chi connectivity index (χ1n) is 6.35. The van der Waals surface area contributed by atoms with Crippen LogP contribution in [0.4, 0.5) is 0 Å². The Bertz CT molecular complexity index is 399. The van der Waals surface area contributed by atoms with E-state index in [0.717, 1.165) is 0 Å². The third kappa shape index (κ3) is 6.36. The first-order chi connectivity index (χ1) is 9.77. The Morgan fingerprint density at radius 3 is 2.40 bits per heavy atom. The van der Waals surface area contributed by atoms with Crippen LogP contribution in [0, 0.1) is 0 Å². The Hall–Kier alpha value is -1.85. The third-order valence-corrected chi connectivity index (χ3v) is 2.38. The van der Waals surface area contributed by atoms with E-state index < -0.39 is 0 Å². The second-order valence-electron chi connectivity index (χ2n) is 3.84. The molecule has 5 heteroatoms. The molecule has 0 atom stereocenters. The van der Waals surface area contributed by atoms with Gasteiger partial charge in [0.25, 0.3) is 0 Å². The van der Waals surface area contributed by atoms with Crippen LogP contribution >= 0.6 is 0 Å². The molecule has 0 spiro atoms. The first kappa shape index (κ1) is 16.2. The van der Waals surface area contributed by atoms with Crippen molar-refractivity contribution in [3.8, 4) is 5.75 Å². The highest BCUT2D eigenvalue weighted by atomic mass is 16.5. The number of rotatable bonds is 10. The molecule has 110 valence electrons. The predicted octanol–water partition coefficient (Wildman–Crippen LogP) is 2.07. The fourth-order valence-electron chi connectivity index (χ4n) is 1.41. The van der Waals surface area contributed by atoms with E-state index in [1.807, 2.05) is 0 Å². The normalized spacial score (nSPS) is 10.1. The fraction of sp³-hybridized carbons (Fsp3) is 0.400. The second-order valence-corrected chi connectivity index (χ2v) is 3.84. The van der Waals surface area contributed by atoms with Crippen LogP contribution in [-0.4, -0.2) is 46.1 Å². The van der Waals surface area contributed by atoms with E-state index in [2.05, 4.69) is 11.3 Å². The summed E-state index contributed by atoms with van der Waals surface area (Å²) in [6.07, 6.45) is 1.70. The standard InChI is InChI=1S/C15H20O5/c1-3-8-18-9-10-19-11-12-20-14-6-4-13(5-7-14)15(16)17-2/h3-7H,1,8-12H2,2H3. The summed E-state index contributed by atoms with van der Waals surface area (Å²) in [5.74, 6) is 0.323. The van der Waals surface area contributed by atoms with Crippen LogP contribution in [-0.2, 0) is 14.2 Å². The highest BCUT2D eigenvalue weighted by Crippen LogP contribution is 2.12. The van der Waals surface area contributed by atoms with Gasteiger partial charge in [-0.3, -0.25) is 0 Å². The lowest BCUT2D eigenvalue weighted by molar-refractivity contribution is 0.0449. The van der Waals surface area contributed by atoms with Gasteiger partial charge in [-0.25, -0.2) is 4.79 Å². The zero-order valence-electron chi connectivity index (χ0n) is 11.7. The largest absolute Gasteiger partial charge is 0.491 e. The number of ether oxygens (including phenoxy) is 4. The fourth-order valence-corrected chi connectivity index (χ4v) is 1.41. The number of carbonyl (C=O) groups is 1. The van der Waals surface area contributed by atoms with Crippen molar-refractivity contribution in [2.45, 2.75) is 0 Å². The topological polar surface area (TPSA) is 54.0 Å². The molecule has 1 rings (SSSR count). The molecular weight excluding hydrogens is 260 g/mol. The summed E-state index contributed by atoms with van der Waals surface area (Å²) in [6.45, 7) is 6.08. The van der Waals surface area contributed by atoms with E-state index in [0.29, 0.717) is 44.3 Å². The van der Waals surface area contributed by atoms with Gasteiger partial charge in [0.2, 0.25) is 0 Å². The van der Waals surface area contributed by atoms with Crippen molar-refractivity contribution < 1.29 is 23.7 Å². The highest BCUT2D eigenvalue weighted by molar-refractivity contribution is 5.89. The molecule has 0 saturated heterocycles. The summed E-state index contributed by atoms with van der Waals surface area (Å²) in [5.41, 5.74) is 0.496. The number of hydrogen-bond donors (Lipinski definition) is 0. The van der Waals surface area contributed by atoms with Crippen LogP contribution in [0.2, 0.25) is 0 Å². The molecule has 0 heterocycles. The summed E-state index contributed by atoms with van der Waals surface area (Å²) in [5, 5.41) is 0. The molecule has 1 aromatic carbocycles. The lowest BCUT2D eigenvalue weighted by Crippen LogP contribution is -2.11. The summed E-state index contributed by atoms with van der Waals surface area (Å²) >= 11 is 0. The van der Waals surface area contributed by atoms with Gasteiger partial charge in [0, 0.05) is 0 Å². The van der Waals surface area contributed by atoms with Gasteiger partial charge in [0.15, 0.2) is 0 Å². The molecule has 20 heavy (non-hydrogen) atoms. The smallest absolute Gasteiger partial charge is 0.337 e. The molecule has 0 aliphatic carbocycles. The van der Waals surface area contributed by atoms with Crippen molar-refractivity contribution in [1.29, 1.82) is 0 Å². The quantitative estimate of drug-likeness (QED) is 0.373. The molecule has 0 bridgehead atoms.